The number of aromatic nitrogens is 7. The van der Waals surface area contributed by atoms with Crippen LogP contribution >= 0.6 is 0 Å². The fraction of sp³-hybridized carbons (Fsp3) is 0.423. The van der Waals surface area contributed by atoms with E-state index in [1.165, 1.54) is 32.1 Å². The van der Waals surface area contributed by atoms with E-state index in [-0.39, 0.29) is 11.6 Å². The van der Waals surface area contributed by atoms with Gasteiger partial charge in [-0.2, -0.15) is 5.10 Å². The summed E-state index contributed by atoms with van der Waals surface area (Å²) in [7, 11) is 0. The molecule has 0 spiro atoms. The van der Waals surface area contributed by atoms with Gasteiger partial charge in [-0.25, -0.2) is 14.6 Å². The number of benzene rings is 2. The first-order chi connectivity index (χ1) is 16.6. The van der Waals surface area contributed by atoms with Gasteiger partial charge in [-0.15, -0.1) is 5.10 Å². The third-order valence-electron chi connectivity index (χ3n) is 6.76. The van der Waals surface area contributed by atoms with Crippen LogP contribution in [0.2, 0.25) is 0 Å². The second-order valence-corrected chi connectivity index (χ2v) is 9.56. The summed E-state index contributed by atoms with van der Waals surface area (Å²) in [6.45, 7) is 5.45. The van der Waals surface area contributed by atoms with Gasteiger partial charge in [-0.3, -0.25) is 4.57 Å². The summed E-state index contributed by atoms with van der Waals surface area (Å²) in [6.07, 6.45) is 6.23. The van der Waals surface area contributed by atoms with Crippen LogP contribution in [0.25, 0.3) is 22.5 Å². The Morgan fingerprint density at radius 3 is 2.41 bits per heavy atom. The van der Waals surface area contributed by atoms with Crippen LogP contribution in [-0.4, -0.2) is 35.0 Å². The van der Waals surface area contributed by atoms with Crippen molar-refractivity contribution in [3.05, 3.63) is 70.4 Å². The van der Waals surface area contributed by atoms with Crippen LogP contribution < -0.4 is 5.69 Å². The number of hydrogen-bond donors (Lipinski definition) is 1. The Labute approximate surface area is 199 Å². The number of rotatable bonds is 7. The lowest BCUT2D eigenvalue weighted by Gasteiger charge is -2.20. The highest BCUT2D eigenvalue weighted by Gasteiger charge is 2.20. The lowest BCUT2D eigenvalue weighted by molar-refractivity contribution is 0.303. The highest BCUT2D eigenvalue weighted by Crippen LogP contribution is 2.30. The zero-order chi connectivity index (χ0) is 23.5. The molecule has 0 aliphatic heterocycles. The number of aromatic amines is 1. The van der Waals surface area contributed by atoms with Crippen molar-refractivity contribution in [1.82, 2.24) is 35.0 Å². The minimum absolute atomic E-state index is 0.00140. The Morgan fingerprint density at radius 1 is 1.00 bits per heavy atom. The van der Waals surface area contributed by atoms with Crippen molar-refractivity contribution in [2.24, 2.45) is 5.92 Å². The summed E-state index contributed by atoms with van der Waals surface area (Å²) in [5.74, 6) is 2.24. The van der Waals surface area contributed by atoms with Crippen LogP contribution in [0.1, 0.15) is 63.3 Å². The molecule has 0 amide bonds. The summed E-state index contributed by atoms with van der Waals surface area (Å²) in [6, 6.07) is 16.4. The molecule has 2 aromatic heterocycles. The van der Waals surface area contributed by atoms with Crippen molar-refractivity contribution in [3.63, 3.8) is 0 Å². The van der Waals surface area contributed by atoms with Crippen molar-refractivity contribution in [3.8, 4) is 22.5 Å². The van der Waals surface area contributed by atoms with E-state index in [1.54, 1.807) is 4.68 Å². The van der Waals surface area contributed by atoms with Crippen LogP contribution in [0.3, 0.4) is 0 Å². The van der Waals surface area contributed by atoms with Crippen LogP contribution in [0.4, 0.5) is 0 Å². The lowest BCUT2D eigenvalue weighted by atomic mass is 9.89. The van der Waals surface area contributed by atoms with Gasteiger partial charge in [-0.1, -0.05) is 81.6 Å². The van der Waals surface area contributed by atoms with E-state index in [2.05, 4.69) is 64.8 Å². The first-order valence-corrected chi connectivity index (χ1v) is 12.2. The second-order valence-electron chi connectivity index (χ2n) is 9.56. The Balaban J connectivity index is 1.40. The Morgan fingerprint density at radius 2 is 1.74 bits per heavy atom. The lowest BCUT2D eigenvalue weighted by Crippen LogP contribution is -2.29. The largest absolute Gasteiger partial charge is 0.346 e. The smallest absolute Gasteiger partial charge is 0.274 e. The number of hydrogen-bond acceptors (Lipinski definition) is 5. The van der Waals surface area contributed by atoms with Gasteiger partial charge in [0.05, 0.1) is 6.54 Å². The molecule has 1 saturated carbocycles. The quantitative estimate of drug-likeness (QED) is 0.436. The highest BCUT2D eigenvalue weighted by atomic mass is 16.2. The summed E-state index contributed by atoms with van der Waals surface area (Å²) < 4.78 is 3.55. The van der Waals surface area contributed by atoms with Gasteiger partial charge in [0.15, 0.2) is 5.82 Å². The van der Waals surface area contributed by atoms with Crippen molar-refractivity contribution < 1.29 is 0 Å². The van der Waals surface area contributed by atoms with Gasteiger partial charge in [0, 0.05) is 18.0 Å². The maximum absolute atomic E-state index is 13.3. The third kappa shape index (κ3) is 4.58. The van der Waals surface area contributed by atoms with Gasteiger partial charge < -0.3 is 0 Å². The standard InChI is InChI=1S/C26H31N7O/c1-18(2)25-29-33(17-19-8-4-3-5-9-19)26(34)32(25)16-20-12-14-21(15-13-20)22-10-6-7-11-23(22)24-27-30-31-28-24/h6-7,10-15,18-19H,3-5,8-9,16-17H2,1-2H3,(H,27,28,30,31). The van der Waals surface area contributed by atoms with Crippen molar-refractivity contribution in [1.29, 1.82) is 0 Å². The van der Waals surface area contributed by atoms with Gasteiger partial charge >= 0.3 is 5.69 Å². The van der Waals surface area contributed by atoms with Crippen LogP contribution in [0.5, 0.6) is 0 Å². The summed E-state index contributed by atoms with van der Waals surface area (Å²) in [5, 5.41) is 19.1. The molecule has 1 fully saturated rings. The maximum Gasteiger partial charge on any atom is 0.346 e. The molecule has 34 heavy (non-hydrogen) atoms. The normalized spacial score (nSPS) is 14.7. The monoisotopic (exact) mass is 457 g/mol. The molecule has 1 N–H and O–H groups in total. The van der Waals surface area contributed by atoms with Crippen LogP contribution in [0, 0.1) is 5.92 Å². The van der Waals surface area contributed by atoms with E-state index in [4.69, 9.17) is 5.10 Å². The molecule has 4 aromatic rings. The van der Waals surface area contributed by atoms with Crippen molar-refractivity contribution >= 4 is 0 Å². The van der Waals surface area contributed by atoms with E-state index in [1.807, 2.05) is 22.8 Å². The molecule has 0 unspecified atom stereocenters. The van der Waals surface area contributed by atoms with Crippen molar-refractivity contribution in [2.45, 2.75) is 65.0 Å². The number of nitrogens with one attached hydrogen (secondary N) is 1. The molecule has 1 aliphatic carbocycles. The summed E-state index contributed by atoms with van der Waals surface area (Å²) in [5.41, 5.74) is 4.14. The zero-order valence-corrected chi connectivity index (χ0v) is 19.8. The van der Waals surface area contributed by atoms with Gasteiger partial charge in [0.25, 0.3) is 0 Å². The molecular weight excluding hydrogens is 426 g/mol. The van der Waals surface area contributed by atoms with E-state index >= 15 is 0 Å². The average Bonchev–Trinajstić information content (AvgIpc) is 3.50. The van der Waals surface area contributed by atoms with Crippen LogP contribution in [-0.2, 0) is 13.1 Å². The molecule has 0 atom stereocenters. The maximum atomic E-state index is 13.3. The van der Waals surface area contributed by atoms with E-state index in [0.29, 0.717) is 18.3 Å². The number of tetrazole rings is 1. The predicted octanol–water partition coefficient (Wildman–Crippen LogP) is 4.64. The molecule has 0 bridgehead atoms. The molecule has 8 heteroatoms. The van der Waals surface area contributed by atoms with Crippen molar-refractivity contribution in [2.75, 3.05) is 0 Å². The molecular formula is C26H31N7O. The third-order valence-corrected chi connectivity index (χ3v) is 6.76. The Kier molecular flexibility index (Phi) is 6.38. The highest BCUT2D eigenvalue weighted by molar-refractivity contribution is 5.80. The fourth-order valence-electron chi connectivity index (χ4n) is 4.95. The van der Waals surface area contributed by atoms with Crippen LogP contribution in [0.15, 0.2) is 53.3 Å². The van der Waals surface area contributed by atoms with Gasteiger partial charge in [0.1, 0.15) is 5.82 Å². The fourth-order valence-corrected chi connectivity index (χ4v) is 4.95. The second kappa shape index (κ2) is 9.75. The average molecular weight is 458 g/mol. The van der Waals surface area contributed by atoms with Gasteiger partial charge in [-0.05, 0) is 45.9 Å². The first kappa shape index (κ1) is 22.3. The van der Waals surface area contributed by atoms with Gasteiger partial charge in [0.2, 0.25) is 0 Å². The molecule has 8 nitrogen and oxygen atoms in total. The minimum Gasteiger partial charge on any atom is -0.274 e. The molecule has 2 aromatic carbocycles. The molecule has 5 rings (SSSR count). The van der Waals surface area contributed by atoms with E-state index < -0.39 is 0 Å². The Hall–Kier alpha value is -3.55. The number of H-pyrrole nitrogens is 1. The first-order valence-electron chi connectivity index (χ1n) is 12.2. The molecule has 0 radical (unpaired) electrons. The SMILES string of the molecule is CC(C)c1nn(CC2CCCCC2)c(=O)n1Cc1ccc(-c2ccccc2-c2nnn[nH]2)cc1. The topological polar surface area (TPSA) is 94.3 Å². The molecule has 2 heterocycles. The zero-order valence-electron chi connectivity index (χ0n) is 19.8. The molecule has 1 aliphatic rings. The Bertz CT molecular complexity index is 1280. The molecule has 176 valence electrons. The summed E-state index contributed by atoms with van der Waals surface area (Å²) in [4.78, 5) is 13.3. The predicted molar refractivity (Wildman–Crippen MR) is 131 cm³/mol. The van der Waals surface area contributed by atoms with E-state index in [9.17, 15) is 4.79 Å². The molecule has 0 saturated heterocycles. The minimum atomic E-state index is 0.00140. The number of nitrogens with zero attached hydrogens (tertiary/aromatic N) is 6. The van der Waals surface area contributed by atoms with E-state index in [0.717, 1.165) is 34.6 Å². The summed E-state index contributed by atoms with van der Waals surface area (Å²) >= 11 is 0.